The molecule has 0 aliphatic carbocycles. The Hall–Kier alpha value is -1.46. The molecule has 2 aromatic rings. The standard InChI is InChI=1S/C16H16BrF2NO/c1-10(13-8-12(18)4-5-15(13)19)20-9-11-3-6-16(21-2)14(17)7-11/h3-8,10,20H,9H2,1-2H3. The summed E-state index contributed by atoms with van der Waals surface area (Å²) in [4.78, 5) is 0. The van der Waals surface area contributed by atoms with E-state index in [0.29, 0.717) is 12.1 Å². The Bertz CT molecular complexity index is 634. The largest absolute Gasteiger partial charge is 0.496 e. The molecule has 0 amide bonds. The molecule has 0 aromatic heterocycles. The third-order valence-corrected chi connectivity index (χ3v) is 3.87. The highest BCUT2D eigenvalue weighted by atomic mass is 79.9. The summed E-state index contributed by atoms with van der Waals surface area (Å²) >= 11 is 3.42. The Morgan fingerprint density at radius 2 is 1.95 bits per heavy atom. The Labute approximate surface area is 131 Å². The molecule has 1 atom stereocenters. The normalized spacial score (nSPS) is 12.2. The van der Waals surface area contributed by atoms with Crippen molar-refractivity contribution in [1.29, 1.82) is 0 Å². The molecule has 0 bridgehead atoms. The molecule has 0 heterocycles. The fraction of sp³-hybridized carbons (Fsp3) is 0.250. The quantitative estimate of drug-likeness (QED) is 0.846. The van der Waals surface area contributed by atoms with E-state index in [1.807, 2.05) is 18.2 Å². The number of ether oxygens (including phenoxy) is 1. The summed E-state index contributed by atoms with van der Waals surface area (Å²) in [5.74, 6) is -0.0949. The van der Waals surface area contributed by atoms with E-state index in [1.54, 1.807) is 14.0 Å². The van der Waals surface area contributed by atoms with E-state index in [2.05, 4.69) is 21.2 Å². The van der Waals surface area contributed by atoms with Gasteiger partial charge in [-0.1, -0.05) is 6.07 Å². The molecular formula is C16H16BrF2NO. The number of nitrogens with one attached hydrogen (secondary N) is 1. The first kappa shape index (κ1) is 15.9. The molecule has 2 nitrogen and oxygen atoms in total. The smallest absolute Gasteiger partial charge is 0.133 e. The van der Waals surface area contributed by atoms with Crippen LogP contribution in [0.2, 0.25) is 0 Å². The first-order valence-electron chi connectivity index (χ1n) is 6.52. The first-order valence-corrected chi connectivity index (χ1v) is 7.31. The molecule has 2 rings (SSSR count). The lowest BCUT2D eigenvalue weighted by molar-refractivity contribution is 0.412. The van der Waals surface area contributed by atoms with E-state index < -0.39 is 11.6 Å². The van der Waals surface area contributed by atoms with Crippen LogP contribution in [-0.2, 0) is 6.54 Å². The lowest BCUT2D eigenvalue weighted by Gasteiger charge is -2.15. The van der Waals surface area contributed by atoms with E-state index in [-0.39, 0.29) is 6.04 Å². The molecule has 0 saturated heterocycles. The molecule has 2 aromatic carbocycles. The van der Waals surface area contributed by atoms with Gasteiger partial charge >= 0.3 is 0 Å². The molecule has 112 valence electrons. The number of benzene rings is 2. The van der Waals surface area contributed by atoms with E-state index in [0.717, 1.165) is 27.9 Å². The van der Waals surface area contributed by atoms with Crippen LogP contribution in [0.3, 0.4) is 0 Å². The number of methoxy groups -OCH3 is 1. The molecule has 0 spiro atoms. The first-order chi connectivity index (χ1) is 10.0. The summed E-state index contributed by atoms with van der Waals surface area (Å²) in [6.45, 7) is 2.34. The molecule has 0 fully saturated rings. The van der Waals surface area contributed by atoms with Crippen LogP contribution in [0.4, 0.5) is 8.78 Å². The topological polar surface area (TPSA) is 21.3 Å². The van der Waals surface area contributed by atoms with Gasteiger partial charge in [0.25, 0.3) is 0 Å². The van der Waals surface area contributed by atoms with Crippen molar-refractivity contribution in [3.63, 3.8) is 0 Å². The second kappa shape index (κ2) is 7.00. The van der Waals surface area contributed by atoms with Gasteiger partial charge in [-0.3, -0.25) is 0 Å². The second-order valence-electron chi connectivity index (χ2n) is 4.74. The molecule has 0 saturated carbocycles. The van der Waals surface area contributed by atoms with Gasteiger partial charge in [0.1, 0.15) is 17.4 Å². The van der Waals surface area contributed by atoms with Crippen molar-refractivity contribution in [2.24, 2.45) is 0 Å². The average molecular weight is 356 g/mol. The minimum absolute atomic E-state index is 0.290. The third kappa shape index (κ3) is 4.02. The lowest BCUT2D eigenvalue weighted by atomic mass is 10.1. The third-order valence-electron chi connectivity index (χ3n) is 3.25. The van der Waals surface area contributed by atoms with Gasteiger partial charge < -0.3 is 10.1 Å². The van der Waals surface area contributed by atoms with Crippen molar-refractivity contribution in [3.05, 3.63) is 63.6 Å². The summed E-state index contributed by atoms with van der Waals surface area (Å²) in [5, 5.41) is 3.18. The molecule has 0 aliphatic heterocycles. The van der Waals surface area contributed by atoms with Crippen molar-refractivity contribution in [3.8, 4) is 5.75 Å². The van der Waals surface area contributed by atoms with Crippen LogP contribution in [0, 0.1) is 11.6 Å². The summed E-state index contributed by atoms with van der Waals surface area (Å²) in [5.41, 5.74) is 1.34. The van der Waals surface area contributed by atoms with Gasteiger partial charge in [-0.15, -0.1) is 0 Å². The SMILES string of the molecule is COc1ccc(CNC(C)c2cc(F)ccc2F)cc1Br. The predicted molar refractivity (Wildman–Crippen MR) is 82.3 cm³/mol. The van der Waals surface area contributed by atoms with Crippen molar-refractivity contribution in [2.45, 2.75) is 19.5 Å². The molecular weight excluding hydrogens is 340 g/mol. The Kier molecular flexibility index (Phi) is 5.31. The van der Waals surface area contributed by atoms with Crippen molar-refractivity contribution in [2.75, 3.05) is 7.11 Å². The maximum absolute atomic E-state index is 13.7. The number of halogens is 3. The average Bonchev–Trinajstić information content (AvgIpc) is 2.47. The second-order valence-corrected chi connectivity index (χ2v) is 5.59. The number of hydrogen-bond acceptors (Lipinski definition) is 2. The van der Waals surface area contributed by atoms with Crippen LogP contribution in [0.1, 0.15) is 24.1 Å². The van der Waals surface area contributed by atoms with Crippen LogP contribution >= 0.6 is 15.9 Å². The zero-order chi connectivity index (χ0) is 15.4. The molecule has 0 aliphatic rings. The van der Waals surface area contributed by atoms with Gasteiger partial charge in [-0.2, -0.15) is 0 Å². The zero-order valence-corrected chi connectivity index (χ0v) is 13.4. The van der Waals surface area contributed by atoms with Crippen molar-refractivity contribution in [1.82, 2.24) is 5.32 Å². The van der Waals surface area contributed by atoms with Gasteiger partial charge in [-0.25, -0.2) is 8.78 Å². The predicted octanol–water partition coefficient (Wildman–Crippen LogP) is 4.59. The summed E-state index contributed by atoms with van der Waals surface area (Å²) < 4.78 is 32.9. The fourth-order valence-electron chi connectivity index (χ4n) is 2.05. The van der Waals surface area contributed by atoms with Crippen molar-refractivity contribution < 1.29 is 13.5 Å². The Morgan fingerprint density at radius 1 is 1.19 bits per heavy atom. The summed E-state index contributed by atoms with van der Waals surface area (Å²) in [7, 11) is 1.60. The van der Waals surface area contributed by atoms with Crippen LogP contribution in [-0.4, -0.2) is 7.11 Å². The van der Waals surface area contributed by atoms with Gasteiger partial charge in [0.2, 0.25) is 0 Å². The minimum Gasteiger partial charge on any atom is -0.496 e. The maximum atomic E-state index is 13.7. The molecule has 1 N–H and O–H groups in total. The fourth-order valence-corrected chi connectivity index (χ4v) is 2.64. The van der Waals surface area contributed by atoms with E-state index in [9.17, 15) is 8.78 Å². The molecule has 1 unspecified atom stereocenters. The van der Waals surface area contributed by atoms with Gasteiger partial charge in [0.15, 0.2) is 0 Å². The van der Waals surface area contributed by atoms with Crippen LogP contribution < -0.4 is 10.1 Å². The zero-order valence-electron chi connectivity index (χ0n) is 11.8. The highest BCUT2D eigenvalue weighted by molar-refractivity contribution is 9.10. The summed E-state index contributed by atoms with van der Waals surface area (Å²) in [6.07, 6.45) is 0. The lowest BCUT2D eigenvalue weighted by Crippen LogP contribution is -2.19. The maximum Gasteiger partial charge on any atom is 0.133 e. The number of rotatable bonds is 5. The van der Waals surface area contributed by atoms with Crippen LogP contribution in [0.15, 0.2) is 40.9 Å². The van der Waals surface area contributed by atoms with E-state index in [1.165, 1.54) is 6.07 Å². The molecule has 0 radical (unpaired) electrons. The van der Waals surface area contributed by atoms with E-state index >= 15 is 0 Å². The summed E-state index contributed by atoms with van der Waals surface area (Å²) in [6, 6.07) is 8.90. The Balaban J connectivity index is 2.05. The monoisotopic (exact) mass is 355 g/mol. The molecule has 5 heteroatoms. The van der Waals surface area contributed by atoms with Gasteiger partial charge in [-0.05, 0) is 58.7 Å². The molecule has 21 heavy (non-hydrogen) atoms. The Morgan fingerprint density at radius 3 is 2.62 bits per heavy atom. The van der Waals surface area contributed by atoms with Gasteiger partial charge in [0.05, 0.1) is 11.6 Å². The van der Waals surface area contributed by atoms with Gasteiger partial charge in [0, 0.05) is 18.2 Å². The van der Waals surface area contributed by atoms with Crippen LogP contribution in [0.5, 0.6) is 5.75 Å². The van der Waals surface area contributed by atoms with E-state index in [4.69, 9.17) is 4.74 Å². The minimum atomic E-state index is -0.438. The number of hydrogen-bond donors (Lipinski definition) is 1. The highest BCUT2D eigenvalue weighted by Crippen LogP contribution is 2.26. The van der Waals surface area contributed by atoms with Crippen molar-refractivity contribution >= 4 is 15.9 Å². The van der Waals surface area contributed by atoms with Crippen LogP contribution in [0.25, 0.3) is 0 Å². The highest BCUT2D eigenvalue weighted by Gasteiger charge is 2.12.